The lowest BCUT2D eigenvalue weighted by molar-refractivity contribution is -0.126. The number of carbonyl (C=O) groups excluding carboxylic acids is 4. The number of nitrogens with zero attached hydrogens (tertiary/aromatic N) is 5. The van der Waals surface area contributed by atoms with Crippen LogP contribution in [-0.4, -0.2) is 110 Å². The van der Waals surface area contributed by atoms with Gasteiger partial charge in [0.15, 0.2) is 0 Å². The van der Waals surface area contributed by atoms with E-state index < -0.39 is 0 Å². The van der Waals surface area contributed by atoms with Crippen molar-refractivity contribution in [1.29, 1.82) is 0 Å². The van der Waals surface area contributed by atoms with Gasteiger partial charge < -0.3 is 34.9 Å². The zero-order valence-electron chi connectivity index (χ0n) is 36.9. The fourth-order valence-electron chi connectivity index (χ4n) is 7.08. The molecule has 2 atom stereocenters. The zero-order chi connectivity index (χ0) is 43.7. The van der Waals surface area contributed by atoms with Crippen LogP contribution in [0, 0.1) is 11.3 Å². The van der Waals surface area contributed by atoms with Crippen molar-refractivity contribution < 1.29 is 23.9 Å². The number of imidazole rings is 1. The van der Waals surface area contributed by atoms with E-state index >= 15 is 0 Å². The molecule has 4 aliphatic rings. The van der Waals surface area contributed by atoms with Gasteiger partial charge in [-0.3, -0.25) is 19.3 Å². The lowest BCUT2D eigenvalue weighted by Crippen LogP contribution is -2.46. The van der Waals surface area contributed by atoms with Crippen molar-refractivity contribution in [1.82, 2.24) is 30.1 Å². The number of benzene rings is 2. The number of aldehydes is 1. The summed E-state index contributed by atoms with van der Waals surface area (Å²) in [5.41, 5.74) is 9.18. The molecule has 13 nitrogen and oxygen atoms in total. The molecule has 0 spiro atoms. The topological polar surface area (TPSA) is 153 Å². The summed E-state index contributed by atoms with van der Waals surface area (Å²) >= 11 is 0. The zero-order valence-corrected chi connectivity index (χ0v) is 36.9. The number of piperazine rings is 1. The SMILES string of the molecule is CC1(C)CC1.CC1CC(c2nc3c([nH]2)CCc2cc(-c4ccc(NC(=O)c5ccc(N6CCN(C=O)CC6)nc5)cc4)ccc2-3)N(C)C1.CCC.CNCC=O.COC=O. The second kappa shape index (κ2) is 23.4. The van der Waals surface area contributed by atoms with Crippen molar-refractivity contribution in [3.05, 3.63) is 83.4 Å². The molecule has 3 N–H and O–H groups in total. The van der Waals surface area contributed by atoms with Crippen LogP contribution in [0.25, 0.3) is 22.4 Å². The number of H-pyrrole nitrogens is 1. The molecule has 0 radical (unpaired) electrons. The number of aromatic amines is 1. The Kier molecular flexibility index (Phi) is 18.4. The number of aryl methyl sites for hydroxylation is 2. The van der Waals surface area contributed by atoms with E-state index in [9.17, 15) is 14.4 Å². The molecule has 60 heavy (non-hydrogen) atoms. The highest BCUT2D eigenvalue weighted by Crippen LogP contribution is 2.43. The van der Waals surface area contributed by atoms with E-state index in [1.807, 2.05) is 18.2 Å². The van der Waals surface area contributed by atoms with E-state index in [2.05, 4.69) is 107 Å². The molecule has 3 fully saturated rings. The predicted octanol–water partition coefficient (Wildman–Crippen LogP) is 7.20. The number of nitrogens with one attached hydrogen (secondary N) is 3. The number of methoxy groups -OCH3 is 1. The Labute approximate surface area is 356 Å². The number of likely N-dealkylation sites (N-methyl/N-ethyl adjacent to an activating group) is 1. The summed E-state index contributed by atoms with van der Waals surface area (Å²) in [6.45, 7) is 15.9. The average molecular weight is 823 g/mol. The van der Waals surface area contributed by atoms with Gasteiger partial charge in [-0.05, 0) is 98.5 Å². The number of likely N-dealkylation sites (tertiary alicyclic amines) is 1. The first-order valence-corrected chi connectivity index (χ1v) is 21.2. The third kappa shape index (κ3) is 13.8. The van der Waals surface area contributed by atoms with E-state index in [1.165, 1.54) is 43.2 Å². The van der Waals surface area contributed by atoms with Crippen molar-refractivity contribution >= 4 is 36.6 Å². The van der Waals surface area contributed by atoms with Gasteiger partial charge in [0.1, 0.15) is 17.9 Å². The Balaban J connectivity index is 0.000000395. The van der Waals surface area contributed by atoms with E-state index in [0.717, 1.165) is 91.2 Å². The van der Waals surface area contributed by atoms with E-state index in [0.29, 0.717) is 43.6 Å². The lowest BCUT2D eigenvalue weighted by atomic mass is 9.89. The summed E-state index contributed by atoms with van der Waals surface area (Å²) in [5, 5.41) is 5.64. The smallest absolute Gasteiger partial charge is 0.292 e. The molecule has 4 aromatic rings. The van der Waals surface area contributed by atoms with Crippen molar-refractivity contribution in [2.45, 2.75) is 79.2 Å². The molecule has 2 aromatic heterocycles. The number of pyridine rings is 1. The normalized spacial score (nSPS) is 18.1. The number of hydrogen-bond acceptors (Lipinski definition) is 10. The van der Waals surface area contributed by atoms with Crippen LogP contribution >= 0.6 is 0 Å². The number of carbonyl (C=O) groups is 4. The third-order valence-corrected chi connectivity index (χ3v) is 10.8. The molecule has 2 amide bonds. The van der Waals surface area contributed by atoms with Crippen molar-refractivity contribution in [2.24, 2.45) is 11.3 Å². The molecule has 2 aliphatic heterocycles. The minimum atomic E-state index is -0.196. The Morgan fingerprint density at radius 1 is 0.967 bits per heavy atom. The first kappa shape index (κ1) is 47.3. The van der Waals surface area contributed by atoms with Gasteiger partial charge in [0.05, 0.1) is 31.0 Å². The number of rotatable bonds is 9. The van der Waals surface area contributed by atoms with Crippen LogP contribution in [0.15, 0.2) is 60.8 Å². The largest absolute Gasteiger partial charge is 0.471 e. The molecule has 0 bridgehead atoms. The quantitative estimate of drug-likeness (QED) is 0.148. The maximum atomic E-state index is 12.9. The highest BCUT2D eigenvalue weighted by atomic mass is 16.5. The summed E-state index contributed by atoms with van der Waals surface area (Å²) in [4.78, 5) is 61.7. The summed E-state index contributed by atoms with van der Waals surface area (Å²) in [5.74, 6) is 2.42. The fourth-order valence-corrected chi connectivity index (χ4v) is 7.08. The van der Waals surface area contributed by atoms with Gasteiger partial charge in [0.25, 0.3) is 12.4 Å². The number of anilines is 2. The maximum absolute atomic E-state index is 12.9. The van der Waals surface area contributed by atoms with E-state index in [4.69, 9.17) is 9.78 Å². The van der Waals surface area contributed by atoms with Crippen LogP contribution < -0.4 is 15.5 Å². The van der Waals surface area contributed by atoms with Crippen LogP contribution in [0.1, 0.15) is 93.8 Å². The van der Waals surface area contributed by atoms with Crippen LogP contribution in [-0.2, 0) is 32.0 Å². The molecule has 2 aromatic carbocycles. The molecule has 4 heterocycles. The monoisotopic (exact) mass is 823 g/mol. The summed E-state index contributed by atoms with van der Waals surface area (Å²) < 4.78 is 3.86. The van der Waals surface area contributed by atoms with Crippen LogP contribution in [0.3, 0.4) is 0 Å². The number of aromatic nitrogens is 3. The Morgan fingerprint density at radius 3 is 2.12 bits per heavy atom. The molecule has 2 saturated heterocycles. The second-order valence-corrected chi connectivity index (χ2v) is 16.6. The van der Waals surface area contributed by atoms with Gasteiger partial charge in [-0.1, -0.05) is 71.4 Å². The van der Waals surface area contributed by atoms with Crippen LogP contribution in [0.2, 0.25) is 0 Å². The van der Waals surface area contributed by atoms with Crippen molar-refractivity contribution in [2.75, 3.05) is 70.7 Å². The molecule has 324 valence electrons. The summed E-state index contributed by atoms with van der Waals surface area (Å²) in [7, 11) is 5.24. The standard InChI is InChI=1S/C34H37N7O2.C5H10.C3H7NO.C3H8.C2H4O2/c1-22-17-30(39(2)20-22)33-37-29-11-6-25-18-24(5-10-28(25)32(29)38-33)23-3-8-27(9-4-23)36-34(43)26-7-12-31(35-19-26)41-15-13-40(21-42)14-16-41;1-5(2)3-4-5;1-4-2-3-5;1-3-2;1-4-2-3/h3-5,7-10,12,18-19,21-22,30H,6,11,13-17,20H2,1-2H3,(H,36,43)(H,37,38);3-4H2,1-2H3;3-4H,2H2,1H3;3H2,1-2H3;2H,1H3. The predicted molar refractivity (Wildman–Crippen MR) is 240 cm³/mol. The Bertz CT molecular complexity index is 1950. The van der Waals surface area contributed by atoms with Gasteiger partial charge >= 0.3 is 0 Å². The first-order valence-electron chi connectivity index (χ1n) is 21.2. The van der Waals surface area contributed by atoms with Gasteiger partial charge in [-0.2, -0.15) is 0 Å². The van der Waals surface area contributed by atoms with Crippen molar-refractivity contribution in [3.8, 4) is 22.4 Å². The number of hydrogen-bond donors (Lipinski definition) is 3. The van der Waals surface area contributed by atoms with Crippen molar-refractivity contribution in [3.63, 3.8) is 0 Å². The van der Waals surface area contributed by atoms with Gasteiger partial charge in [-0.25, -0.2) is 9.97 Å². The van der Waals surface area contributed by atoms with E-state index in [1.54, 1.807) is 24.2 Å². The van der Waals surface area contributed by atoms with Crippen LogP contribution in [0.4, 0.5) is 11.5 Å². The lowest BCUT2D eigenvalue weighted by Gasteiger charge is -2.33. The Morgan fingerprint density at radius 2 is 1.62 bits per heavy atom. The molecule has 1 saturated carbocycles. The van der Waals surface area contributed by atoms with Gasteiger partial charge in [-0.15, -0.1) is 0 Å². The minimum absolute atomic E-state index is 0.196. The summed E-state index contributed by atoms with van der Waals surface area (Å²) in [6, 6.07) is 18.7. The Hall–Kier alpha value is -5.40. The number of amides is 2. The molecule has 2 aliphatic carbocycles. The van der Waals surface area contributed by atoms with E-state index in [-0.39, 0.29) is 5.91 Å². The number of fused-ring (bicyclic) bond motifs is 3. The molecule has 13 heteroatoms. The fraction of sp³-hybridized carbons (Fsp3) is 0.489. The highest BCUT2D eigenvalue weighted by molar-refractivity contribution is 6.04. The average Bonchev–Trinajstić information content (AvgIpc) is 3.61. The van der Waals surface area contributed by atoms with Crippen LogP contribution in [0.5, 0.6) is 0 Å². The highest BCUT2D eigenvalue weighted by Gasteiger charge is 2.32. The molecular formula is C47H66N8O5. The maximum Gasteiger partial charge on any atom is 0.292 e. The van der Waals surface area contributed by atoms with Gasteiger partial charge in [0, 0.05) is 55.9 Å². The minimum Gasteiger partial charge on any atom is -0.471 e. The number of ether oxygens (including phenoxy) is 1. The molecular weight excluding hydrogens is 757 g/mol. The van der Waals surface area contributed by atoms with Gasteiger partial charge in [0.2, 0.25) is 6.41 Å². The second-order valence-electron chi connectivity index (χ2n) is 16.6. The first-order chi connectivity index (χ1) is 28.9. The molecule has 8 rings (SSSR count). The molecule has 2 unspecified atom stereocenters. The third-order valence-electron chi connectivity index (χ3n) is 10.8. The summed E-state index contributed by atoms with van der Waals surface area (Å²) in [6.07, 6.45) is 10.6.